The third kappa shape index (κ3) is 48.1. The predicted octanol–water partition coefficient (Wildman–Crippen LogP) is 20.8. The van der Waals surface area contributed by atoms with Gasteiger partial charge in [0.05, 0.1) is 0 Å². The van der Waals surface area contributed by atoms with Crippen LogP contribution in [0.1, 0.15) is 335 Å². The molecule has 0 aliphatic rings. The van der Waals surface area contributed by atoms with E-state index in [1.165, 1.54) is 315 Å². The van der Waals surface area contributed by atoms with Gasteiger partial charge in [-0.3, -0.25) is 0 Å². The molecular weight excluding hydrogens is 637 g/mol. The number of unbranched alkanes of at least 4 members (excludes halogenated alkanes) is 44. The van der Waals surface area contributed by atoms with E-state index in [1.54, 1.807) is 0 Å². The van der Waals surface area contributed by atoms with Gasteiger partial charge in [0.2, 0.25) is 0 Å². The maximum absolute atomic E-state index is 2.45. The van der Waals surface area contributed by atoms with Gasteiger partial charge in [0.25, 0.3) is 0 Å². The monoisotopic (exact) mass is 745 g/mol. The van der Waals surface area contributed by atoms with Crippen molar-refractivity contribution in [3.8, 4) is 0 Å². The van der Waals surface area contributed by atoms with Crippen molar-refractivity contribution in [1.82, 2.24) is 0 Å². The van der Waals surface area contributed by atoms with E-state index in [0.717, 1.165) is 5.92 Å². The largest absolute Gasteiger partial charge is 0.0654 e. The normalized spacial score (nSPS) is 11.8. The van der Waals surface area contributed by atoms with Crippen LogP contribution in [0.3, 0.4) is 0 Å². The molecule has 0 fully saturated rings. The van der Waals surface area contributed by atoms with Gasteiger partial charge in [0.1, 0.15) is 0 Å². The SMILES string of the molecule is CCCCCCCCCCCCCCCCCCCCCCCCCC(CC)CCCCCCCCCCCCCCCCCCCCCCCCC. The highest BCUT2D eigenvalue weighted by Gasteiger charge is 2.06. The van der Waals surface area contributed by atoms with Crippen molar-refractivity contribution in [3.05, 3.63) is 0 Å². The van der Waals surface area contributed by atoms with Crippen LogP contribution in [0.4, 0.5) is 0 Å². The molecule has 0 aliphatic heterocycles. The highest BCUT2D eigenvalue weighted by molar-refractivity contribution is 4.60. The summed E-state index contributed by atoms with van der Waals surface area (Å²) in [6.07, 6.45) is 72.7. The molecule has 0 radical (unpaired) electrons. The molecule has 0 N–H and O–H groups in total. The van der Waals surface area contributed by atoms with E-state index in [0.29, 0.717) is 0 Å². The van der Waals surface area contributed by atoms with Gasteiger partial charge < -0.3 is 0 Å². The molecule has 0 aliphatic carbocycles. The lowest BCUT2D eigenvalue weighted by Crippen LogP contribution is -1.99. The van der Waals surface area contributed by atoms with Gasteiger partial charge >= 0.3 is 0 Å². The summed E-state index contributed by atoms with van der Waals surface area (Å²) < 4.78 is 0. The lowest BCUT2D eigenvalue weighted by atomic mass is 9.92. The number of rotatable bonds is 49. The topological polar surface area (TPSA) is 0 Å². The van der Waals surface area contributed by atoms with Gasteiger partial charge in [0.15, 0.2) is 0 Å². The molecule has 0 rings (SSSR count). The molecule has 0 atom stereocenters. The molecule has 0 aromatic rings. The molecule has 53 heavy (non-hydrogen) atoms. The smallest absolute Gasteiger partial charge is 0.0417 e. The maximum atomic E-state index is 2.45. The Morgan fingerprint density at radius 3 is 0.434 bits per heavy atom. The Labute approximate surface area is 340 Å². The molecule has 0 saturated carbocycles. The van der Waals surface area contributed by atoms with Crippen LogP contribution >= 0.6 is 0 Å². The number of hydrogen-bond acceptors (Lipinski definition) is 0. The molecule has 0 unspecified atom stereocenters. The van der Waals surface area contributed by atoms with Crippen molar-refractivity contribution < 1.29 is 0 Å². The summed E-state index contributed by atoms with van der Waals surface area (Å²) >= 11 is 0. The van der Waals surface area contributed by atoms with E-state index in [1.807, 2.05) is 0 Å². The fourth-order valence-corrected chi connectivity index (χ4v) is 8.99. The summed E-state index contributed by atoms with van der Waals surface area (Å²) in [7, 11) is 0. The van der Waals surface area contributed by atoms with Crippen molar-refractivity contribution in [2.24, 2.45) is 5.92 Å². The molecule has 0 spiro atoms. The van der Waals surface area contributed by atoms with Crippen LogP contribution in [-0.4, -0.2) is 0 Å². The van der Waals surface area contributed by atoms with Crippen molar-refractivity contribution >= 4 is 0 Å². The van der Waals surface area contributed by atoms with E-state index < -0.39 is 0 Å². The molecule has 0 bridgehead atoms. The fraction of sp³-hybridized carbons (Fsp3) is 1.00. The Morgan fingerprint density at radius 2 is 0.302 bits per heavy atom. The molecule has 0 aromatic carbocycles. The first-order chi connectivity index (χ1) is 26.3. The van der Waals surface area contributed by atoms with Crippen molar-refractivity contribution in [3.63, 3.8) is 0 Å². The standard InChI is InChI=1S/C53H108/c1-4-7-9-11-13-15-17-19-21-23-25-27-29-31-33-35-37-39-41-43-45-47-49-51-53(6-3)52-50-48-46-44-42-40-38-36-34-32-30-28-26-24-22-20-18-16-14-12-10-8-5-2/h53H,4-52H2,1-3H3. The minimum absolute atomic E-state index is 1.01. The lowest BCUT2D eigenvalue weighted by Gasteiger charge is -2.14. The van der Waals surface area contributed by atoms with Gasteiger partial charge in [-0.15, -0.1) is 0 Å². The third-order valence-corrected chi connectivity index (χ3v) is 13.0. The Morgan fingerprint density at radius 1 is 0.170 bits per heavy atom. The van der Waals surface area contributed by atoms with Gasteiger partial charge in [-0.05, 0) is 5.92 Å². The van der Waals surface area contributed by atoms with E-state index >= 15 is 0 Å². The van der Waals surface area contributed by atoms with Crippen LogP contribution in [0, 0.1) is 5.92 Å². The summed E-state index contributed by atoms with van der Waals surface area (Å²) in [5.41, 5.74) is 0. The Kier molecular flexibility index (Phi) is 50.0. The number of hydrogen-bond donors (Lipinski definition) is 0. The second kappa shape index (κ2) is 50.0. The van der Waals surface area contributed by atoms with Crippen LogP contribution in [0.5, 0.6) is 0 Å². The van der Waals surface area contributed by atoms with Crippen LogP contribution in [0.15, 0.2) is 0 Å². The highest BCUT2D eigenvalue weighted by atomic mass is 14.1. The Bertz CT molecular complexity index is 543. The zero-order valence-corrected chi connectivity index (χ0v) is 38.2. The second-order valence-corrected chi connectivity index (χ2v) is 18.4. The molecule has 0 heteroatoms. The summed E-state index contributed by atoms with van der Waals surface area (Å²) in [5, 5.41) is 0. The predicted molar refractivity (Wildman–Crippen MR) is 247 cm³/mol. The zero-order valence-electron chi connectivity index (χ0n) is 38.2. The molecule has 0 nitrogen and oxygen atoms in total. The maximum Gasteiger partial charge on any atom is -0.0417 e. The van der Waals surface area contributed by atoms with E-state index in [-0.39, 0.29) is 0 Å². The van der Waals surface area contributed by atoms with Crippen molar-refractivity contribution in [1.29, 1.82) is 0 Å². The first-order valence-corrected chi connectivity index (χ1v) is 26.3. The summed E-state index contributed by atoms with van der Waals surface area (Å²) in [6.45, 7) is 7.07. The first-order valence-electron chi connectivity index (χ1n) is 26.3. The van der Waals surface area contributed by atoms with Crippen LogP contribution in [0.25, 0.3) is 0 Å². The van der Waals surface area contributed by atoms with Crippen LogP contribution in [-0.2, 0) is 0 Å². The van der Waals surface area contributed by atoms with Gasteiger partial charge in [-0.1, -0.05) is 335 Å². The van der Waals surface area contributed by atoms with E-state index in [9.17, 15) is 0 Å². The first kappa shape index (κ1) is 53.0. The molecule has 320 valence electrons. The Hall–Kier alpha value is 0. The van der Waals surface area contributed by atoms with Crippen molar-refractivity contribution in [2.75, 3.05) is 0 Å². The fourth-order valence-electron chi connectivity index (χ4n) is 8.99. The molecular formula is C53H108. The van der Waals surface area contributed by atoms with E-state index in [2.05, 4.69) is 20.8 Å². The quantitative estimate of drug-likeness (QED) is 0.0544. The van der Waals surface area contributed by atoms with E-state index in [4.69, 9.17) is 0 Å². The van der Waals surface area contributed by atoms with Crippen LogP contribution in [0.2, 0.25) is 0 Å². The molecule has 0 heterocycles. The summed E-state index contributed by atoms with van der Waals surface area (Å²) in [6, 6.07) is 0. The highest BCUT2D eigenvalue weighted by Crippen LogP contribution is 2.23. The minimum atomic E-state index is 1.01. The lowest BCUT2D eigenvalue weighted by molar-refractivity contribution is 0.392. The summed E-state index contributed by atoms with van der Waals surface area (Å²) in [5.74, 6) is 1.01. The summed E-state index contributed by atoms with van der Waals surface area (Å²) in [4.78, 5) is 0. The average molecular weight is 745 g/mol. The average Bonchev–Trinajstić information content (AvgIpc) is 3.17. The van der Waals surface area contributed by atoms with Crippen molar-refractivity contribution in [2.45, 2.75) is 335 Å². The van der Waals surface area contributed by atoms with Gasteiger partial charge in [0, 0.05) is 0 Å². The zero-order chi connectivity index (χ0) is 38.2. The third-order valence-electron chi connectivity index (χ3n) is 13.0. The Balaban J connectivity index is 3.22. The molecule has 0 aromatic heterocycles. The minimum Gasteiger partial charge on any atom is -0.0654 e. The molecule has 0 amide bonds. The van der Waals surface area contributed by atoms with Gasteiger partial charge in [-0.2, -0.15) is 0 Å². The molecule has 0 saturated heterocycles. The van der Waals surface area contributed by atoms with Crippen LogP contribution < -0.4 is 0 Å². The van der Waals surface area contributed by atoms with Gasteiger partial charge in [-0.25, -0.2) is 0 Å². The second-order valence-electron chi connectivity index (χ2n) is 18.4.